The van der Waals surface area contributed by atoms with Gasteiger partial charge in [-0.25, -0.2) is 4.79 Å². The zero-order chi connectivity index (χ0) is 23.5. The minimum atomic E-state index is -2.83. The van der Waals surface area contributed by atoms with Crippen molar-refractivity contribution in [3.8, 4) is 0 Å². The zero-order valence-corrected chi connectivity index (χ0v) is 21.5. The van der Waals surface area contributed by atoms with E-state index < -0.39 is 8.32 Å². The molecule has 7 heteroatoms. The minimum Gasteiger partial charge on any atom is -0.510 e. The molecule has 2 aromatic carbocycles. The lowest BCUT2D eigenvalue weighted by molar-refractivity contribution is -0.135. The number of amides is 2. The average molecular weight is 483 g/mol. The summed E-state index contributed by atoms with van der Waals surface area (Å²) in [5.41, 5.74) is 0. The Kier molecular flexibility index (Phi) is 7.19. The van der Waals surface area contributed by atoms with E-state index in [2.05, 4.69) is 55.7 Å². The number of unbranched alkanes of at least 4 members (excludes halogenated alkanes) is 1. The SMILES string of the molecule is CC(C)(C)[Si](OC(=O)CCCCC1SC[C@@H]2NC(=O)N[C@H]12)(c1ccccc1)c1ccccc1. The van der Waals surface area contributed by atoms with Crippen LogP contribution in [-0.2, 0) is 9.22 Å². The number of hydrogen-bond donors (Lipinski definition) is 2. The molecule has 0 radical (unpaired) electrons. The van der Waals surface area contributed by atoms with E-state index in [9.17, 15) is 9.59 Å². The van der Waals surface area contributed by atoms with Gasteiger partial charge in [-0.1, -0.05) is 87.9 Å². The molecule has 2 aromatic rings. The molecule has 2 heterocycles. The molecule has 0 spiro atoms. The molecule has 2 fully saturated rings. The van der Waals surface area contributed by atoms with E-state index in [1.165, 1.54) is 0 Å². The number of benzene rings is 2. The molecule has 176 valence electrons. The number of urea groups is 1. The molecule has 2 N–H and O–H groups in total. The fraction of sp³-hybridized carbons (Fsp3) is 0.462. The molecule has 3 atom stereocenters. The van der Waals surface area contributed by atoms with E-state index in [4.69, 9.17) is 4.43 Å². The molecule has 1 unspecified atom stereocenters. The predicted molar refractivity (Wildman–Crippen MR) is 138 cm³/mol. The van der Waals surface area contributed by atoms with Crippen molar-refractivity contribution >= 4 is 42.5 Å². The van der Waals surface area contributed by atoms with E-state index in [0.717, 1.165) is 35.4 Å². The van der Waals surface area contributed by atoms with Crippen LogP contribution >= 0.6 is 11.8 Å². The Hall–Kier alpha value is -2.25. The Labute approximate surface area is 202 Å². The van der Waals surface area contributed by atoms with Gasteiger partial charge in [-0.2, -0.15) is 11.8 Å². The van der Waals surface area contributed by atoms with Crippen LogP contribution in [0.4, 0.5) is 4.79 Å². The molecule has 5 nitrogen and oxygen atoms in total. The summed E-state index contributed by atoms with van der Waals surface area (Å²) in [6.45, 7) is 6.55. The Morgan fingerprint density at radius 3 is 2.18 bits per heavy atom. The Morgan fingerprint density at radius 1 is 1.00 bits per heavy atom. The Balaban J connectivity index is 1.43. The van der Waals surface area contributed by atoms with Gasteiger partial charge >= 0.3 is 14.3 Å². The van der Waals surface area contributed by atoms with Crippen molar-refractivity contribution in [3.63, 3.8) is 0 Å². The molecule has 4 rings (SSSR count). The monoisotopic (exact) mass is 482 g/mol. The van der Waals surface area contributed by atoms with Crippen LogP contribution in [0.2, 0.25) is 5.04 Å². The number of thioether (sulfide) groups is 1. The van der Waals surface area contributed by atoms with E-state index in [0.29, 0.717) is 11.7 Å². The van der Waals surface area contributed by atoms with E-state index in [1.807, 2.05) is 48.2 Å². The van der Waals surface area contributed by atoms with Crippen LogP contribution in [0.5, 0.6) is 0 Å². The highest BCUT2D eigenvalue weighted by atomic mass is 32.2. The molecule has 2 aliphatic rings. The first kappa shape index (κ1) is 23.9. The largest absolute Gasteiger partial charge is 0.510 e. The molecule has 33 heavy (non-hydrogen) atoms. The lowest BCUT2D eigenvalue weighted by Gasteiger charge is -2.42. The van der Waals surface area contributed by atoms with Crippen LogP contribution in [0, 0.1) is 0 Å². The summed E-state index contributed by atoms with van der Waals surface area (Å²) < 4.78 is 6.56. The van der Waals surface area contributed by atoms with Crippen LogP contribution in [0.1, 0.15) is 46.5 Å². The maximum atomic E-state index is 13.2. The third-order valence-corrected chi connectivity index (χ3v) is 13.2. The number of hydrogen-bond acceptors (Lipinski definition) is 4. The second-order valence-corrected chi connectivity index (χ2v) is 15.5. The van der Waals surface area contributed by atoms with Gasteiger partial charge < -0.3 is 15.1 Å². The molecule has 0 bridgehead atoms. The standard InChI is InChI=1S/C26H34N2O3SSi/c1-26(2,3)33(19-12-6-4-7-13-19,20-14-8-5-9-15-20)31-23(29)17-11-10-16-22-24-21(18-32-22)27-25(30)28-24/h4-9,12-15,21-22,24H,10-11,16-18H2,1-3H3,(H2,27,28,30)/t21-,22?,24-/m0/s1. The topological polar surface area (TPSA) is 67.4 Å². The number of rotatable bonds is 8. The highest BCUT2D eigenvalue weighted by molar-refractivity contribution is 8.00. The van der Waals surface area contributed by atoms with Crippen molar-refractivity contribution < 1.29 is 14.0 Å². The van der Waals surface area contributed by atoms with E-state index in [-0.39, 0.29) is 29.1 Å². The second-order valence-electron chi connectivity index (χ2n) is 10.0. The number of carbonyl (C=O) groups is 2. The smallest absolute Gasteiger partial charge is 0.323 e. The lowest BCUT2D eigenvalue weighted by Crippen LogP contribution is -2.67. The number of carbonyl (C=O) groups excluding carboxylic acids is 2. The van der Waals surface area contributed by atoms with Gasteiger partial charge in [0.1, 0.15) is 0 Å². The summed E-state index contributed by atoms with van der Waals surface area (Å²) in [5, 5.41) is 8.47. The highest BCUT2D eigenvalue weighted by Crippen LogP contribution is 2.37. The molecule has 0 saturated carbocycles. The summed E-state index contributed by atoms with van der Waals surface area (Å²) >= 11 is 1.92. The van der Waals surface area contributed by atoms with E-state index >= 15 is 0 Å². The van der Waals surface area contributed by atoms with Crippen LogP contribution in [0.25, 0.3) is 0 Å². The van der Waals surface area contributed by atoms with Crippen molar-refractivity contribution in [2.24, 2.45) is 0 Å². The van der Waals surface area contributed by atoms with Crippen molar-refractivity contribution in [3.05, 3.63) is 60.7 Å². The van der Waals surface area contributed by atoms with Crippen LogP contribution in [0.15, 0.2) is 60.7 Å². The van der Waals surface area contributed by atoms with Gasteiger partial charge in [0.25, 0.3) is 5.97 Å². The number of fused-ring (bicyclic) bond motifs is 1. The van der Waals surface area contributed by atoms with Crippen LogP contribution in [-0.4, -0.2) is 43.4 Å². The van der Waals surface area contributed by atoms with Crippen molar-refractivity contribution in [2.45, 2.75) is 68.8 Å². The zero-order valence-electron chi connectivity index (χ0n) is 19.7. The maximum absolute atomic E-state index is 13.2. The Morgan fingerprint density at radius 2 is 1.61 bits per heavy atom. The van der Waals surface area contributed by atoms with Crippen molar-refractivity contribution in [1.82, 2.24) is 10.6 Å². The van der Waals surface area contributed by atoms with Gasteiger partial charge in [-0.3, -0.25) is 4.79 Å². The summed E-state index contributed by atoms with van der Waals surface area (Å²) in [6, 6.07) is 21.0. The van der Waals surface area contributed by atoms with Gasteiger partial charge in [0.2, 0.25) is 0 Å². The van der Waals surface area contributed by atoms with Crippen LogP contribution < -0.4 is 21.0 Å². The highest BCUT2D eigenvalue weighted by Gasteiger charge is 2.53. The minimum absolute atomic E-state index is 0.0517. The Bertz CT molecular complexity index is 925. The molecule has 0 aromatic heterocycles. The lowest BCUT2D eigenvalue weighted by atomic mass is 10.0. The van der Waals surface area contributed by atoms with Crippen LogP contribution in [0.3, 0.4) is 0 Å². The molecular formula is C26H34N2O3SSi. The molecule has 0 aliphatic carbocycles. The predicted octanol–water partition coefficient (Wildman–Crippen LogP) is 3.82. The second kappa shape index (κ2) is 9.93. The number of nitrogens with one attached hydrogen (secondary N) is 2. The van der Waals surface area contributed by atoms with Gasteiger partial charge in [0.15, 0.2) is 0 Å². The van der Waals surface area contributed by atoms with E-state index in [1.54, 1.807) is 0 Å². The third-order valence-electron chi connectivity index (χ3n) is 6.74. The van der Waals surface area contributed by atoms with Crippen molar-refractivity contribution in [1.29, 1.82) is 0 Å². The first-order chi connectivity index (χ1) is 15.8. The quantitative estimate of drug-likeness (QED) is 0.341. The molecule has 2 aliphatic heterocycles. The fourth-order valence-electron chi connectivity index (χ4n) is 5.13. The summed E-state index contributed by atoms with van der Waals surface area (Å²) in [7, 11) is -2.83. The summed E-state index contributed by atoms with van der Waals surface area (Å²) in [4.78, 5) is 24.8. The first-order valence-electron chi connectivity index (χ1n) is 11.8. The van der Waals surface area contributed by atoms with Gasteiger partial charge in [0.05, 0.1) is 12.1 Å². The molecule has 2 amide bonds. The van der Waals surface area contributed by atoms with Gasteiger partial charge in [-0.15, -0.1) is 0 Å². The van der Waals surface area contributed by atoms with Gasteiger partial charge in [-0.05, 0) is 28.3 Å². The average Bonchev–Trinajstić information content (AvgIpc) is 3.34. The fourth-order valence-corrected chi connectivity index (χ4v) is 11.0. The first-order valence-corrected chi connectivity index (χ1v) is 14.8. The third kappa shape index (κ3) is 4.99. The normalized spacial score (nSPS) is 22.4. The maximum Gasteiger partial charge on any atom is 0.323 e. The molecule has 2 saturated heterocycles. The van der Waals surface area contributed by atoms with Gasteiger partial charge in [0, 0.05) is 17.4 Å². The summed E-state index contributed by atoms with van der Waals surface area (Å²) in [5.74, 6) is 0.848. The molecular weight excluding hydrogens is 448 g/mol. The van der Waals surface area contributed by atoms with Crippen molar-refractivity contribution in [2.75, 3.05) is 5.75 Å². The summed E-state index contributed by atoms with van der Waals surface area (Å²) in [6.07, 6.45) is 3.17.